The fourth-order valence-electron chi connectivity index (χ4n) is 2.00. The maximum absolute atomic E-state index is 5.15. The van der Waals surface area contributed by atoms with Crippen LogP contribution in [-0.2, 0) is 11.3 Å². The average Bonchev–Trinajstić information content (AvgIpc) is 2.80. The number of aryl methyl sites for hydroxylation is 2. The van der Waals surface area contributed by atoms with Crippen molar-refractivity contribution in [2.45, 2.75) is 19.9 Å². The van der Waals surface area contributed by atoms with Crippen molar-refractivity contribution in [2.75, 3.05) is 26.1 Å². The summed E-state index contributed by atoms with van der Waals surface area (Å²) in [5.74, 6) is 1.69. The molecule has 2 aromatic rings. The molecule has 0 atom stereocenters. The van der Waals surface area contributed by atoms with E-state index in [0.717, 1.165) is 42.7 Å². The molecule has 5 nitrogen and oxygen atoms in total. The highest BCUT2D eigenvalue weighted by Gasteiger charge is 2.06. The zero-order chi connectivity index (χ0) is 14.4. The molecule has 0 spiro atoms. The minimum absolute atomic E-state index is 0.749. The van der Waals surface area contributed by atoms with E-state index < -0.39 is 0 Å². The van der Waals surface area contributed by atoms with Gasteiger partial charge in [-0.1, -0.05) is 0 Å². The van der Waals surface area contributed by atoms with Crippen LogP contribution < -0.4 is 10.1 Å². The molecule has 0 saturated heterocycles. The molecule has 0 unspecified atom stereocenters. The molecule has 0 aliphatic carbocycles. The Hall–Kier alpha value is -2.01. The third kappa shape index (κ3) is 3.74. The molecule has 0 bridgehead atoms. The van der Waals surface area contributed by atoms with E-state index in [-0.39, 0.29) is 0 Å². The van der Waals surface area contributed by atoms with E-state index in [2.05, 4.69) is 14.9 Å². The number of imidazole rings is 1. The topological polar surface area (TPSA) is 48.3 Å². The van der Waals surface area contributed by atoms with Crippen LogP contribution in [0.3, 0.4) is 0 Å². The highest BCUT2D eigenvalue weighted by Crippen LogP contribution is 2.20. The Kier molecular flexibility index (Phi) is 5.01. The lowest BCUT2D eigenvalue weighted by Crippen LogP contribution is -2.05. The first kappa shape index (κ1) is 14.4. The summed E-state index contributed by atoms with van der Waals surface area (Å²) in [6, 6.07) is 7.80. The molecule has 0 aliphatic rings. The lowest BCUT2D eigenvalue weighted by Gasteiger charge is -2.10. The second-order valence-corrected chi connectivity index (χ2v) is 4.60. The van der Waals surface area contributed by atoms with E-state index in [1.165, 1.54) is 0 Å². The smallest absolute Gasteiger partial charge is 0.207 e. The molecule has 2 rings (SSSR count). The van der Waals surface area contributed by atoms with Crippen LogP contribution in [0.2, 0.25) is 0 Å². The largest absolute Gasteiger partial charge is 0.497 e. The highest BCUT2D eigenvalue weighted by molar-refractivity contribution is 5.55. The summed E-state index contributed by atoms with van der Waals surface area (Å²) >= 11 is 0. The average molecular weight is 275 g/mol. The predicted molar refractivity (Wildman–Crippen MR) is 79.7 cm³/mol. The lowest BCUT2D eigenvalue weighted by atomic mass is 10.3. The Bertz CT molecular complexity index is 535. The Morgan fingerprint density at radius 1 is 1.20 bits per heavy atom. The van der Waals surface area contributed by atoms with Gasteiger partial charge in [0.05, 0.1) is 12.8 Å². The van der Waals surface area contributed by atoms with Crippen LogP contribution in [0.25, 0.3) is 0 Å². The van der Waals surface area contributed by atoms with Gasteiger partial charge in [0.1, 0.15) is 5.75 Å². The number of hydrogen-bond donors (Lipinski definition) is 1. The molecule has 0 fully saturated rings. The number of hydrogen-bond acceptors (Lipinski definition) is 4. The summed E-state index contributed by atoms with van der Waals surface area (Å²) in [6.07, 6.45) is 3.01. The van der Waals surface area contributed by atoms with Crippen molar-refractivity contribution in [1.29, 1.82) is 0 Å². The van der Waals surface area contributed by atoms with E-state index in [0.29, 0.717) is 0 Å². The quantitative estimate of drug-likeness (QED) is 0.789. The number of aromatic nitrogens is 2. The predicted octanol–water partition coefficient (Wildman–Crippen LogP) is 2.98. The van der Waals surface area contributed by atoms with Crippen LogP contribution in [0.5, 0.6) is 5.75 Å². The van der Waals surface area contributed by atoms with Gasteiger partial charge in [0.25, 0.3) is 0 Å². The van der Waals surface area contributed by atoms with Crippen LogP contribution in [0, 0.1) is 6.92 Å². The minimum atomic E-state index is 0.749. The van der Waals surface area contributed by atoms with Crippen LogP contribution in [-0.4, -0.2) is 30.4 Å². The van der Waals surface area contributed by atoms with Gasteiger partial charge in [-0.3, -0.25) is 0 Å². The summed E-state index contributed by atoms with van der Waals surface area (Å²) in [4.78, 5) is 4.51. The van der Waals surface area contributed by atoms with Gasteiger partial charge in [0.2, 0.25) is 5.95 Å². The van der Waals surface area contributed by atoms with Crippen molar-refractivity contribution in [2.24, 2.45) is 0 Å². The Morgan fingerprint density at radius 2 is 1.95 bits per heavy atom. The molecule has 1 heterocycles. The first-order chi connectivity index (χ1) is 9.72. The molecular formula is C15H21N3O2. The highest BCUT2D eigenvalue weighted by atomic mass is 16.5. The van der Waals surface area contributed by atoms with Crippen LogP contribution in [0.15, 0.2) is 30.5 Å². The van der Waals surface area contributed by atoms with Crippen LogP contribution >= 0.6 is 0 Å². The molecule has 1 aromatic heterocycles. The van der Waals surface area contributed by atoms with E-state index in [4.69, 9.17) is 9.47 Å². The first-order valence-electron chi connectivity index (χ1n) is 6.66. The van der Waals surface area contributed by atoms with Crippen LogP contribution in [0.4, 0.5) is 11.6 Å². The lowest BCUT2D eigenvalue weighted by molar-refractivity contribution is 0.190. The van der Waals surface area contributed by atoms with Crippen molar-refractivity contribution < 1.29 is 9.47 Å². The molecule has 108 valence electrons. The molecular weight excluding hydrogens is 254 g/mol. The van der Waals surface area contributed by atoms with Gasteiger partial charge in [-0.2, -0.15) is 0 Å². The van der Waals surface area contributed by atoms with E-state index in [1.54, 1.807) is 14.2 Å². The van der Waals surface area contributed by atoms with E-state index in [9.17, 15) is 0 Å². The zero-order valence-electron chi connectivity index (χ0n) is 12.2. The summed E-state index contributed by atoms with van der Waals surface area (Å²) in [6.45, 7) is 3.62. The van der Waals surface area contributed by atoms with Gasteiger partial charge >= 0.3 is 0 Å². The second-order valence-electron chi connectivity index (χ2n) is 4.60. The summed E-state index contributed by atoms with van der Waals surface area (Å²) in [5, 5.41) is 3.33. The Morgan fingerprint density at radius 3 is 2.60 bits per heavy atom. The first-order valence-corrected chi connectivity index (χ1v) is 6.66. The molecule has 0 saturated carbocycles. The number of ether oxygens (including phenoxy) is 2. The molecule has 20 heavy (non-hydrogen) atoms. The SMILES string of the molecule is COCCCn1cc(C)nc1Nc1ccc(OC)cc1. The third-order valence-corrected chi connectivity index (χ3v) is 2.99. The number of nitrogens with one attached hydrogen (secondary N) is 1. The number of rotatable bonds is 7. The van der Waals surface area contributed by atoms with Crippen molar-refractivity contribution in [3.63, 3.8) is 0 Å². The van der Waals surface area contributed by atoms with Gasteiger partial charge in [-0.15, -0.1) is 0 Å². The Labute approximate surface area is 119 Å². The monoisotopic (exact) mass is 275 g/mol. The van der Waals surface area contributed by atoms with E-state index in [1.807, 2.05) is 37.4 Å². The maximum atomic E-state index is 5.15. The number of benzene rings is 1. The van der Waals surface area contributed by atoms with Gasteiger partial charge in [0.15, 0.2) is 0 Å². The van der Waals surface area contributed by atoms with Gasteiger partial charge in [-0.05, 0) is 37.6 Å². The Balaban J connectivity index is 2.07. The fourth-order valence-corrected chi connectivity index (χ4v) is 2.00. The van der Waals surface area contributed by atoms with Gasteiger partial charge < -0.3 is 19.4 Å². The summed E-state index contributed by atoms with van der Waals surface area (Å²) in [7, 11) is 3.38. The third-order valence-electron chi connectivity index (χ3n) is 2.99. The summed E-state index contributed by atoms with van der Waals surface area (Å²) < 4.78 is 12.3. The zero-order valence-corrected chi connectivity index (χ0v) is 12.2. The molecule has 0 aliphatic heterocycles. The standard InChI is InChI=1S/C15H21N3O2/c1-12-11-18(9-4-10-19-2)15(16-12)17-13-5-7-14(20-3)8-6-13/h5-8,11H,4,9-10H2,1-3H3,(H,16,17). The number of anilines is 2. The van der Waals surface area contributed by atoms with Gasteiger partial charge in [-0.25, -0.2) is 4.98 Å². The van der Waals surface area contributed by atoms with Crippen molar-refractivity contribution in [3.8, 4) is 5.75 Å². The van der Waals surface area contributed by atoms with Crippen molar-refractivity contribution in [3.05, 3.63) is 36.2 Å². The second kappa shape index (κ2) is 6.96. The normalized spacial score (nSPS) is 10.6. The number of nitrogens with zero attached hydrogens (tertiary/aromatic N) is 2. The minimum Gasteiger partial charge on any atom is -0.497 e. The molecule has 0 amide bonds. The maximum Gasteiger partial charge on any atom is 0.207 e. The number of methoxy groups -OCH3 is 2. The molecule has 1 aromatic carbocycles. The molecule has 1 N–H and O–H groups in total. The van der Waals surface area contributed by atoms with E-state index >= 15 is 0 Å². The summed E-state index contributed by atoms with van der Waals surface area (Å²) in [5.41, 5.74) is 1.99. The molecule has 5 heteroatoms. The molecule has 0 radical (unpaired) electrons. The van der Waals surface area contributed by atoms with Crippen molar-refractivity contribution >= 4 is 11.6 Å². The van der Waals surface area contributed by atoms with Crippen LogP contribution in [0.1, 0.15) is 12.1 Å². The van der Waals surface area contributed by atoms with Gasteiger partial charge in [0, 0.05) is 32.1 Å². The fraction of sp³-hybridized carbons (Fsp3) is 0.400. The van der Waals surface area contributed by atoms with Crippen molar-refractivity contribution in [1.82, 2.24) is 9.55 Å².